The number of piperazine rings is 1. The van der Waals surface area contributed by atoms with E-state index in [1.807, 2.05) is 25.3 Å². The van der Waals surface area contributed by atoms with Crippen LogP contribution in [0.2, 0.25) is 0 Å². The molecule has 32 heavy (non-hydrogen) atoms. The number of carbonyl (C=O) groups excluding carboxylic acids is 2. The minimum Gasteiger partial charge on any atom is -0.438 e. The Morgan fingerprint density at radius 1 is 1.19 bits per heavy atom. The molecule has 2 aliphatic heterocycles. The smallest absolute Gasteiger partial charge is 0.410 e. The Hall–Kier alpha value is -3.66. The summed E-state index contributed by atoms with van der Waals surface area (Å²) in [5.41, 5.74) is 7.67. The number of ether oxygens (including phenoxy) is 2. The number of benzene rings is 1. The van der Waals surface area contributed by atoms with Crippen molar-refractivity contribution in [2.45, 2.75) is 12.5 Å². The highest BCUT2D eigenvalue weighted by molar-refractivity contribution is 5.94. The second-order valence-corrected chi connectivity index (χ2v) is 8.34. The summed E-state index contributed by atoms with van der Waals surface area (Å²) < 4.78 is 12.4. The molecule has 1 aromatic carbocycles. The highest BCUT2D eigenvalue weighted by Crippen LogP contribution is 2.26. The molecule has 10 nitrogen and oxygen atoms in total. The molecule has 0 bridgehead atoms. The molecule has 168 valence electrons. The standard InChI is InChI=1S/C22H24N6O4.H2/c1-22(13-31-14-22)32-21(30)27-9-7-26(8-10-27)18-5-6-28-20(25-18)17(12-24-28)15-3-2-4-16(11-15)19(23)29;/h2-6,11-12H,7-10,13-14H2,1H3,(H2,23,29);1H. The predicted octanol–water partition coefficient (Wildman–Crippen LogP) is 1.79. The lowest BCUT2D eigenvalue weighted by Crippen LogP contribution is -2.55. The molecule has 0 radical (unpaired) electrons. The summed E-state index contributed by atoms with van der Waals surface area (Å²) in [5, 5.41) is 4.38. The van der Waals surface area contributed by atoms with Gasteiger partial charge in [0.15, 0.2) is 11.2 Å². The Balaban J connectivity index is 0.00000259. The van der Waals surface area contributed by atoms with Crippen molar-refractivity contribution in [2.24, 2.45) is 5.73 Å². The molecule has 2 N–H and O–H groups in total. The highest BCUT2D eigenvalue weighted by atomic mass is 16.6. The lowest BCUT2D eigenvalue weighted by Gasteiger charge is -2.40. The molecule has 2 fully saturated rings. The van der Waals surface area contributed by atoms with Crippen molar-refractivity contribution >= 4 is 23.5 Å². The van der Waals surface area contributed by atoms with Gasteiger partial charge >= 0.3 is 6.09 Å². The van der Waals surface area contributed by atoms with Crippen LogP contribution in [0, 0.1) is 0 Å². The van der Waals surface area contributed by atoms with Crippen molar-refractivity contribution in [3.05, 3.63) is 48.3 Å². The predicted molar refractivity (Wildman–Crippen MR) is 119 cm³/mol. The molecule has 3 aromatic rings. The van der Waals surface area contributed by atoms with Gasteiger partial charge in [-0.3, -0.25) is 4.79 Å². The van der Waals surface area contributed by atoms with Crippen LogP contribution in [0.1, 0.15) is 18.7 Å². The second-order valence-electron chi connectivity index (χ2n) is 8.34. The van der Waals surface area contributed by atoms with Gasteiger partial charge in [0.05, 0.1) is 19.4 Å². The van der Waals surface area contributed by atoms with Gasteiger partial charge in [-0.25, -0.2) is 14.3 Å². The first kappa shape index (κ1) is 20.3. The van der Waals surface area contributed by atoms with Crippen molar-refractivity contribution < 1.29 is 20.5 Å². The lowest BCUT2D eigenvalue weighted by atomic mass is 10.1. The van der Waals surface area contributed by atoms with Crippen LogP contribution in [0.5, 0.6) is 0 Å². The molecule has 2 saturated heterocycles. The van der Waals surface area contributed by atoms with Crippen LogP contribution >= 0.6 is 0 Å². The lowest BCUT2D eigenvalue weighted by molar-refractivity contribution is -0.172. The summed E-state index contributed by atoms with van der Waals surface area (Å²) >= 11 is 0. The molecule has 2 aliphatic rings. The molecule has 10 heteroatoms. The van der Waals surface area contributed by atoms with Gasteiger partial charge < -0.3 is 25.0 Å². The van der Waals surface area contributed by atoms with Crippen molar-refractivity contribution in [2.75, 3.05) is 44.3 Å². The topological polar surface area (TPSA) is 115 Å². The van der Waals surface area contributed by atoms with Gasteiger partial charge in [-0.15, -0.1) is 0 Å². The number of fused-ring (bicyclic) bond motifs is 1. The Morgan fingerprint density at radius 3 is 2.66 bits per heavy atom. The van der Waals surface area contributed by atoms with E-state index >= 15 is 0 Å². The third-order valence-electron chi connectivity index (χ3n) is 5.82. The van der Waals surface area contributed by atoms with E-state index in [4.69, 9.17) is 20.2 Å². The Kier molecular flexibility index (Phi) is 4.93. The normalized spacial score (nSPS) is 17.8. The van der Waals surface area contributed by atoms with Crippen LogP contribution in [0.15, 0.2) is 42.7 Å². The molecule has 0 aliphatic carbocycles. The number of rotatable bonds is 4. The minimum absolute atomic E-state index is 0. The quantitative estimate of drug-likeness (QED) is 0.660. The van der Waals surface area contributed by atoms with Crippen molar-refractivity contribution in [3.8, 4) is 11.1 Å². The maximum absolute atomic E-state index is 12.4. The van der Waals surface area contributed by atoms with E-state index in [0.29, 0.717) is 50.6 Å². The van der Waals surface area contributed by atoms with E-state index in [-0.39, 0.29) is 7.52 Å². The number of aromatic nitrogens is 3. The summed E-state index contributed by atoms with van der Waals surface area (Å²) in [6, 6.07) is 9.02. The monoisotopic (exact) mass is 438 g/mol. The van der Waals surface area contributed by atoms with E-state index in [1.54, 1.807) is 33.8 Å². The first-order valence-electron chi connectivity index (χ1n) is 10.5. The average Bonchev–Trinajstić information content (AvgIpc) is 3.21. The van der Waals surface area contributed by atoms with Crippen LogP contribution in [0.25, 0.3) is 16.8 Å². The van der Waals surface area contributed by atoms with Crippen molar-refractivity contribution in [1.82, 2.24) is 19.5 Å². The van der Waals surface area contributed by atoms with Gasteiger partial charge in [-0.1, -0.05) is 12.1 Å². The van der Waals surface area contributed by atoms with Crippen molar-refractivity contribution in [3.63, 3.8) is 0 Å². The largest absolute Gasteiger partial charge is 0.438 e. The molecular weight excluding hydrogens is 412 g/mol. The summed E-state index contributed by atoms with van der Waals surface area (Å²) in [4.78, 5) is 32.7. The fourth-order valence-corrected chi connectivity index (χ4v) is 3.92. The van der Waals surface area contributed by atoms with Gasteiger partial charge in [0, 0.05) is 44.9 Å². The number of anilines is 1. The van der Waals surface area contributed by atoms with Gasteiger partial charge in [0.2, 0.25) is 5.91 Å². The summed E-state index contributed by atoms with van der Waals surface area (Å²) in [7, 11) is 0. The Labute approximate surface area is 186 Å². The number of primary amides is 1. The molecule has 2 amide bonds. The molecule has 4 heterocycles. The SMILES string of the molecule is CC1(OC(=O)N2CCN(c3ccn4ncc(-c5cccc(C(N)=O)c5)c4n3)CC2)COC1.[HH]. The number of hydrogen-bond donors (Lipinski definition) is 1. The zero-order chi connectivity index (χ0) is 22.3. The molecule has 0 atom stereocenters. The maximum Gasteiger partial charge on any atom is 0.410 e. The highest BCUT2D eigenvalue weighted by Gasteiger charge is 2.39. The average molecular weight is 438 g/mol. The zero-order valence-corrected chi connectivity index (χ0v) is 17.7. The fourth-order valence-electron chi connectivity index (χ4n) is 3.92. The third kappa shape index (κ3) is 3.73. The molecule has 0 saturated carbocycles. The van der Waals surface area contributed by atoms with Crippen molar-refractivity contribution in [1.29, 1.82) is 0 Å². The minimum atomic E-state index is -0.509. The summed E-state index contributed by atoms with van der Waals surface area (Å²) in [6.45, 7) is 5.16. The van der Waals surface area contributed by atoms with Crippen LogP contribution < -0.4 is 10.6 Å². The van der Waals surface area contributed by atoms with E-state index in [2.05, 4.69) is 10.00 Å². The van der Waals surface area contributed by atoms with E-state index < -0.39 is 11.5 Å². The maximum atomic E-state index is 12.4. The van der Waals surface area contributed by atoms with Crippen LogP contribution in [-0.4, -0.2) is 76.5 Å². The first-order valence-corrected chi connectivity index (χ1v) is 10.5. The number of carbonyl (C=O) groups is 2. The number of nitrogens with two attached hydrogens (primary N) is 1. The van der Waals surface area contributed by atoms with E-state index in [0.717, 1.165) is 16.9 Å². The molecule has 2 aromatic heterocycles. The second kappa shape index (κ2) is 7.79. The summed E-state index contributed by atoms with van der Waals surface area (Å²) in [5.74, 6) is 0.324. The van der Waals surface area contributed by atoms with Gasteiger partial charge in [0.1, 0.15) is 5.82 Å². The molecule has 5 rings (SSSR count). The van der Waals surface area contributed by atoms with E-state index in [9.17, 15) is 9.59 Å². The molecular formula is C22H26N6O4. The van der Waals surface area contributed by atoms with Gasteiger partial charge in [-0.05, 0) is 30.7 Å². The third-order valence-corrected chi connectivity index (χ3v) is 5.82. The number of hydrogen-bond acceptors (Lipinski definition) is 7. The number of amides is 2. The van der Waals surface area contributed by atoms with E-state index in [1.165, 1.54) is 0 Å². The van der Waals surface area contributed by atoms with Gasteiger partial charge in [-0.2, -0.15) is 5.10 Å². The van der Waals surface area contributed by atoms with Crippen LogP contribution in [0.3, 0.4) is 0 Å². The van der Waals surface area contributed by atoms with Crippen LogP contribution in [0.4, 0.5) is 10.6 Å². The fraction of sp³-hybridized carbons (Fsp3) is 0.364. The number of nitrogens with zero attached hydrogens (tertiary/aromatic N) is 5. The molecule has 0 unspecified atom stereocenters. The van der Waals surface area contributed by atoms with Crippen LogP contribution in [-0.2, 0) is 9.47 Å². The molecule has 0 spiro atoms. The Bertz CT molecular complexity index is 1190. The Morgan fingerprint density at radius 2 is 1.97 bits per heavy atom. The zero-order valence-electron chi connectivity index (χ0n) is 17.7. The first-order chi connectivity index (χ1) is 15.4. The summed E-state index contributed by atoms with van der Waals surface area (Å²) in [6.07, 6.45) is 3.29. The van der Waals surface area contributed by atoms with Gasteiger partial charge in [0.25, 0.3) is 0 Å².